The van der Waals surface area contributed by atoms with Gasteiger partial charge in [-0.25, -0.2) is 0 Å². The molecule has 2 aromatic heterocycles. The van der Waals surface area contributed by atoms with E-state index in [4.69, 9.17) is 0 Å². The largest absolute Gasteiger partial charge is 0.309 e. The maximum Gasteiger partial charge on any atom is 0.0541 e. The van der Waals surface area contributed by atoms with E-state index in [1.807, 2.05) is 0 Å². The van der Waals surface area contributed by atoms with Gasteiger partial charge >= 0.3 is 0 Å². The van der Waals surface area contributed by atoms with Crippen molar-refractivity contribution in [2.24, 2.45) is 23.7 Å². The van der Waals surface area contributed by atoms with Crippen LogP contribution in [-0.2, 0) is 5.41 Å². The van der Waals surface area contributed by atoms with Gasteiger partial charge in [0.15, 0.2) is 0 Å². The Morgan fingerprint density at radius 2 is 0.929 bits per heavy atom. The number of nitrogens with zero attached hydrogens (tertiary/aromatic N) is 2. The third-order valence-corrected chi connectivity index (χ3v) is 15.2. The molecule has 5 aliphatic rings. The summed E-state index contributed by atoms with van der Waals surface area (Å²) in [5.41, 5.74) is 13.5. The highest BCUT2D eigenvalue weighted by molar-refractivity contribution is 6.17. The van der Waals surface area contributed by atoms with Crippen molar-refractivity contribution in [3.05, 3.63) is 169 Å². The van der Waals surface area contributed by atoms with Crippen LogP contribution >= 0.6 is 0 Å². The molecular weight excluding hydrogens is 677 g/mol. The summed E-state index contributed by atoms with van der Waals surface area (Å²) in [6.07, 6.45) is 7.09. The van der Waals surface area contributed by atoms with Gasteiger partial charge in [-0.2, -0.15) is 0 Å². The summed E-state index contributed by atoms with van der Waals surface area (Å²) in [6.45, 7) is 0. The van der Waals surface area contributed by atoms with E-state index in [1.54, 1.807) is 21.9 Å². The highest BCUT2D eigenvalue weighted by atomic mass is 15.0. The molecule has 4 saturated carbocycles. The van der Waals surface area contributed by atoms with E-state index in [0.29, 0.717) is 0 Å². The van der Waals surface area contributed by atoms with Gasteiger partial charge in [-0.3, -0.25) is 0 Å². The second-order valence-corrected chi connectivity index (χ2v) is 17.7. The van der Waals surface area contributed by atoms with Crippen LogP contribution in [0.4, 0.5) is 0 Å². The lowest BCUT2D eigenvalue weighted by Gasteiger charge is -2.61. The van der Waals surface area contributed by atoms with Crippen LogP contribution in [0.3, 0.4) is 0 Å². The molecule has 10 aromatic rings. The summed E-state index contributed by atoms with van der Waals surface area (Å²) in [7, 11) is 0. The van der Waals surface area contributed by atoms with Gasteiger partial charge < -0.3 is 9.13 Å². The lowest BCUT2D eigenvalue weighted by molar-refractivity contribution is -0.0397. The van der Waals surface area contributed by atoms with Crippen molar-refractivity contribution < 1.29 is 0 Å². The normalized spacial score (nSPS) is 23.4. The molecule has 2 nitrogen and oxygen atoms in total. The topological polar surface area (TPSA) is 9.86 Å². The van der Waals surface area contributed by atoms with Gasteiger partial charge in [0.25, 0.3) is 0 Å². The van der Waals surface area contributed by atoms with E-state index >= 15 is 0 Å². The van der Waals surface area contributed by atoms with E-state index in [-0.39, 0.29) is 5.41 Å². The third kappa shape index (κ3) is 3.69. The van der Waals surface area contributed by atoms with Crippen molar-refractivity contribution in [2.75, 3.05) is 0 Å². The zero-order valence-corrected chi connectivity index (χ0v) is 31.3. The quantitative estimate of drug-likeness (QED) is 0.161. The number of rotatable bonds is 3. The molecule has 2 heteroatoms. The summed E-state index contributed by atoms with van der Waals surface area (Å²) in [6, 6.07) is 60.1. The van der Waals surface area contributed by atoms with Crippen molar-refractivity contribution in [1.82, 2.24) is 9.13 Å². The van der Waals surface area contributed by atoms with E-state index < -0.39 is 0 Å². The Bertz CT molecular complexity index is 3290. The fourth-order valence-corrected chi connectivity index (χ4v) is 13.4. The van der Waals surface area contributed by atoms with E-state index in [0.717, 1.165) is 23.7 Å². The molecule has 8 aromatic carbocycles. The Morgan fingerprint density at radius 3 is 1.59 bits per heavy atom. The monoisotopic (exact) mass is 716 g/mol. The van der Waals surface area contributed by atoms with Gasteiger partial charge in [-0.1, -0.05) is 97.1 Å². The number of hydrogen-bond donors (Lipinski definition) is 0. The second-order valence-electron chi connectivity index (χ2n) is 17.7. The van der Waals surface area contributed by atoms with Crippen LogP contribution in [0.15, 0.2) is 158 Å². The average Bonchev–Trinajstić information content (AvgIpc) is 3.86. The van der Waals surface area contributed by atoms with Crippen LogP contribution in [0.2, 0.25) is 0 Å². The molecule has 0 aliphatic heterocycles. The first kappa shape index (κ1) is 30.1. The second kappa shape index (κ2) is 10.6. The van der Waals surface area contributed by atoms with Gasteiger partial charge in [0.1, 0.15) is 0 Å². The molecule has 4 fully saturated rings. The SMILES string of the molecule is c1ccc(-n2c3ccccc3c3cc(-c4ccc5c(c4)c4ccccc4n5-c4cc5c6c(ccc7cccc(c76)C56C5CC7CC(C5)CC6C7)c4)ccc32)cc1. The lowest BCUT2D eigenvalue weighted by Crippen LogP contribution is -2.55. The molecule has 1 spiro atoms. The minimum atomic E-state index is 0.138. The molecule has 0 N–H and O–H groups in total. The molecule has 0 saturated heterocycles. The Balaban J connectivity index is 0.978. The highest BCUT2D eigenvalue weighted by Gasteiger charge is 2.61. The Labute approximate surface area is 325 Å². The first-order valence-electron chi connectivity index (χ1n) is 20.9. The number of fused-ring (bicyclic) bond motifs is 6. The van der Waals surface area contributed by atoms with E-state index in [2.05, 4.69) is 167 Å². The fourth-order valence-electron chi connectivity index (χ4n) is 13.4. The molecule has 15 rings (SSSR count). The summed E-state index contributed by atoms with van der Waals surface area (Å²) in [4.78, 5) is 0. The summed E-state index contributed by atoms with van der Waals surface area (Å²) < 4.78 is 4.98. The molecule has 2 heterocycles. The summed E-state index contributed by atoms with van der Waals surface area (Å²) >= 11 is 0. The molecular formula is C54H40N2. The zero-order chi connectivity index (χ0) is 36.3. The maximum absolute atomic E-state index is 2.67. The molecule has 4 bridgehead atoms. The van der Waals surface area contributed by atoms with Gasteiger partial charge in [-0.05, 0) is 160 Å². The third-order valence-electron chi connectivity index (χ3n) is 15.2. The molecule has 5 aliphatic carbocycles. The lowest BCUT2D eigenvalue weighted by atomic mass is 9.43. The number of benzene rings is 8. The van der Waals surface area contributed by atoms with Crippen molar-refractivity contribution >= 4 is 65.2 Å². The molecule has 56 heavy (non-hydrogen) atoms. The predicted molar refractivity (Wildman–Crippen MR) is 233 cm³/mol. The number of aromatic nitrogens is 2. The Kier molecular flexibility index (Phi) is 5.70. The first-order chi connectivity index (χ1) is 27.7. The molecule has 0 unspecified atom stereocenters. The van der Waals surface area contributed by atoms with Crippen LogP contribution in [0.1, 0.15) is 43.2 Å². The van der Waals surface area contributed by atoms with Gasteiger partial charge in [0.2, 0.25) is 0 Å². The average molecular weight is 717 g/mol. The predicted octanol–water partition coefficient (Wildman–Crippen LogP) is 13.9. The van der Waals surface area contributed by atoms with Gasteiger partial charge in [0, 0.05) is 38.3 Å². The highest BCUT2D eigenvalue weighted by Crippen LogP contribution is 2.69. The van der Waals surface area contributed by atoms with Gasteiger partial charge in [-0.15, -0.1) is 0 Å². The smallest absolute Gasteiger partial charge is 0.0541 e. The zero-order valence-electron chi connectivity index (χ0n) is 31.3. The number of hydrogen-bond acceptors (Lipinski definition) is 0. The Hall–Kier alpha value is -6.12. The number of para-hydroxylation sites is 3. The fraction of sp³-hybridized carbons (Fsp3) is 0.185. The van der Waals surface area contributed by atoms with E-state index in [1.165, 1.54) is 109 Å². The minimum absolute atomic E-state index is 0.138. The van der Waals surface area contributed by atoms with Crippen LogP contribution in [0.25, 0.3) is 87.7 Å². The minimum Gasteiger partial charge on any atom is -0.309 e. The van der Waals surface area contributed by atoms with Crippen molar-refractivity contribution in [1.29, 1.82) is 0 Å². The summed E-state index contributed by atoms with van der Waals surface area (Å²) in [5, 5.41) is 11.1. The maximum atomic E-state index is 2.67. The van der Waals surface area contributed by atoms with Gasteiger partial charge in [0.05, 0.1) is 22.1 Å². The van der Waals surface area contributed by atoms with Crippen LogP contribution < -0.4 is 0 Å². The van der Waals surface area contributed by atoms with Crippen molar-refractivity contribution in [3.8, 4) is 22.5 Å². The summed E-state index contributed by atoms with van der Waals surface area (Å²) in [5.74, 6) is 3.35. The molecule has 0 atom stereocenters. The van der Waals surface area contributed by atoms with Crippen LogP contribution in [-0.4, -0.2) is 9.13 Å². The molecule has 0 radical (unpaired) electrons. The Morgan fingerprint density at radius 1 is 0.375 bits per heavy atom. The van der Waals surface area contributed by atoms with Crippen molar-refractivity contribution in [2.45, 2.75) is 37.5 Å². The van der Waals surface area contributed by atoms with E-state index in [9.17, 15) is 0 Å². The standard InChI is InChI=1S/C54H40N2/c1-2-10-40(11-3-1)55-48-15-6-4-12-42(48)44-29-35(19-21-50(44)55)36-20-22-51-45(30-36)43-13-5-7-16-49(43)56(51)41-28-37-18-17-34-9-8-14-46-52(34)53(37)47(31-41)54(46)38-24-32-23-33(26-38)27-39(54)25-32/h1-22,28-33,38-39H,23-27H2. The molecule has 0 amide bonds. The van der Waals surface area contributed by atoms with Crippen molar-refractivity contribution in [3.63, 3.8) is 0 Å². The van der Waals surface area contributed by atoms with Crippen LogP contribution in [0, 0.1) is 23.7 Å². The van der Waals surface area contributed by atoms with Crippen LogP contribution in [0.5, 0.6) is 0 Å². The molecule has 266 valence electrons. The first-order valence-corrected chi connectivity index (χ1v) is 20.9.